The summed E-state index contributed by atoms with van der Waals surface area (Å²) in [5.41, 5.74) is -1.22. The van der Waals surface area contributed by atoms with Crippen LogP contribution in [0, 0.1) is 5.92 Å². The van der Waals surface area contributed by atoms with E-state index in [9.17, 15) is 22.8 Å². The van der Waals surface area contributed by atoms with Crippen LogP contribution in [0.1, 0.15) is 33.6 Å². The van der Waals surface area contributed by atoms with Gasteiger partial charge in [0.05, 0.1) is 24.7 Å². The lowest BCUT2D eigenvalue weighted by atomic mass is 9.97. The monoisotopic (exact) mass is 506 g/mol. The van der Waals surface area contributed by atoms with Crippen molar-refractivity contribution in [1.29, 1.82) is 0 Å². The minimum Gasteiger partial charge on any atom is -0.467 e. The molecular formula is C23H31BN2O8S. The number of benzene rings is 1. The second kappa shape index (κ2) is 9.65. The Morgan fingerprint density at radius 1 is 1.23 bits per heavy atom. The molecule has 1 aliphatic carbocycles. The van der Waals surface area contributed by atoms with Crippen molar-refractivity contribution in [3.05, 3.63) is 36.9 Å². The second-order valence-corrected chi connectivity index (χ2v) is 11.4. The Morgan fingerprint density at radius 3 is 2.37 bits per heavy atom. The quantitative estimate of drug-likeness (QED) is 0.242. The van der Waals surface area contributed by atoms with Gasteiger partial charge in [-0.3, -0.25) is 13.9 Å². The highest BCUT2D eigenvalue weighted by atomic mass is 32.2. The average Bonchev–Trinajstić information content (AvgIpc) is 3.31. The van der Waals surface area contributed by atoms with Gasteiger partial charge in [0, 0.05) is 12.3 Å². The van der Waals surface area contributed by atoms with Gasteiger partial charge < -0.3 is 14.8 Å². The number of carbonyl (C=O) groups is 3. The predicted molar refractivity (Wildman–Crippen MR) is 129 cm³/mol. The summed E-state index contributed by atoms with van der Waals surface area (Å²) in [7, 11) is -1.10. The minimum atomic E-state index is -4.14. The molecule has 1 N–H and O–H groups in total. The van der Waals surface area contributed by atoms with E-state index in [0.717, 1.165) is 10.4 Å². The average molecular weight is 506 g/mol. The zero-order chi connectivity index (χ0) is 26.2. The molecule has 0 bridgehead atoms. The van der Waals surface area contributed by atoms with Crippen molar-refractivity contribution in [3.63, 3.8) is 0 Å². The largest absolute Gasteiger partial charge is 0.467 e. The van der Waals surface area contributed by atoms with E-state index >= 15 is 0 Å². The van der Waals surface area contributed by atoms with Crippen molar-refractivity contribution >= 4 is 41.4 Å². The minimum absolute atomic E-state index is 0.0312. The standard InChI is InChI=1S/C23H31BN2O8S/c1-6-14-12-23(14,20(28)32-5)25-19(27)18-11-16(13-26(18)21(29)33-22(2,3)4)34-35(30,31)17-9-7-15(24)8-10-17/h6-10,14,16,18H,1,11-13,24H2,2-5H3,(H,25,27)/t14-,16+,18+,23+/m1/s1. The molecule has 190 valence electrons. The van der Waals surface area contributed by atoms with Gasteiger partial charge in [0.1, 0.15) is 25.0 Å². The number of ether oxygens (including phenoxy) is 2. The molecule has 0 unspecified atom stereocenters. The summed E-state index contributed by atoms with van der Waals surface area (Å²) in [4.78, 5) is 39.6. The maximum atomic E-state index is 13.3. The molecule has 2 amide bonds. The molecule has 1 saturated carbocycles. The zero-order valence-corrected chi connectivity index (χ0v) is 21.4. The fraction of sp³-hybridized carbons (Fsp3) is 0.522. The van der Waals surface area contributed by atoms with Crippen molar-refractivity contribution in [1.82, 2.24) is 10.2 Å². The first-order chi connectivity index (χ1) is 16.2. The second-order valence-electron chi connectivity index (χ2n) is 9.87. The molecule has 1 aliphatic heterocycles. The SMILES string of the molecule is Bc1ccc(S(=O)(=O)O[C@H]2C[C@@H](C(=O)N[C@@]3(C(=O)OC)C[C@H]3C=C)N(C(=O)OC(C)(C)C)C2)cc1. The molecule has 1 aromatic rings. The molecule has 2 fully saturated rings. The maximum Gasteiger partial charge on any atom is 0.411 e. The van der Waals surface area contributed by atoms with Gasteiger partial charge in [-0.15, -0.1) is 6.58 Å². The number of nitrogens with one attached hydrogen (secondary N) is 1. The Balaban J connectivity index is 1.82. The number of carbonyl (C=O) groups excluding carboxylic acids is 3. The summed E-state index contributed by atoms with van der Waals surface area (Å²) in [6.07, 6.45) is -0.0211. The lowest BCUT2D eigenvalue weighted by Crippen LogP contribution is -2.53. The van der Waals surface area contributed by atoms with E-state index in [1.54, 1.807) is 39.0 Å². The van der Waals surface area contributed by atoms with Crippen LogP contribution in [-0.4, -0.2) is 76.1 Å². The van der Waals surface area contributed by atoms with Crippen LogP contribution < -0.4 is 10.8 Å². The van der Waals surface area contributed by atoms with E-state index in [4.69, 9.17) is 13.7 Å². The van der Waals surface area contributed by atoms with Gasteiger partial charge >= 0.3 is 12.1 Å². The normalized spacial score (nSPS) is 26.1. The molecular weight excluding hydrogens is 475 g/mol. The number of likely N-dealkylation sites (tertiary alicyclic amines) is 1. The van der Waals surface area contributed by atoms with Crippen LogP contribution in [0.3, 0.4) is 0 Å². The highest BCUT2D eigenvalue weighted by Gasteiger charge is 2.62. The molecule has 3 rings (SSSR count). The number of hydrogen-bond acceptors (Lipinski definition) is 8. The lowest BCUT2D eigenvalue weighted by molar-refractivity contribution is -0.147. The summed E-state index contributed by atoms with van der Waals surface area (Å²) in [6.45, 7) is 8.53. The number of amides is 2. The van der Waals surface area contributed by atoms with Gasteiger partial charge in [0.2, 0.25) is 5.91 Å². The van der Waals surface area contributed by atoms with Crippen LogP contribution in [0.2, 0.25) is 0 Å². The molecule has 2 aliphatic rings. The number of methoxy groups -OCH3 is 1. The Labute approximate surface area is 206 Å². The number of hydrogen-bond donors (Lipinski definition) is 1. The molecule has 10 nitrogen and oxygen atoms in total. The van der Waals surface area contributed by atoms with Crippen LogP contribution in [0.25, 0.3) is 0 Å². The maximum absolute atomic E-state index is 13.3. The van der Waals surface area contributed by atoms with Crippen molar-refractivity contribution in [2.24, 2.45) is 5.92 Å². The highest BCUT2D eigenvalue weighted by Crippen LogP contribution is 2.45. The third-order valence-electron chi connectivity index (χ3n) is 5.96. The Morgan fingerprint density at radius 2 is 1.86 bits per heavy atom. The van der Waals surface area contributed by atoms with Gasteiger partial charge in [0.25, 0.3) is 10.1 Å². The van der Waals surface area contributed by atoms with Crippen LogP contribution >= 0.6 is 0 Å². The van der Waals surface area contributed by atoms with E-state index in [1.807, 2.05) is 7.85 Å². The van der Waals surface area contributed by atoms with E-state index in [1.165, 1.54) is 19.2 Å². The first-order valence-electron chi connectivity index (χ1n) is 11.2. The molecule has 1 saturated heterocycles. The van der Waals surface area contributed by atoms with E-state index in [0.29, 0.717) is 6.42 Å². The van der Waals surface area contributed by atoms with Crippen LogP contribution in [0.5, 0.6) is 0 Å². The van der Waals surface area contributed by atoms with Crippen LogP contribution in [0.15, 0.2) is 41.8 Å². The number of rotatable bonds is 7. The first kappa shape index (κ1) is 26.7. The highest BCUT2D eigenvalue weighted by molar-refractivity contribution is 7.86. The summed E-state index contributed by atoms with van der Waals surface area (Å²) < 4.78 is 41.3. The van der Waals surface area contributed by atoms with Crippen molar-refractivity contribution in [3.8, 4) is 0 Å². The molecule has 12 heteroatoms. The van der Waals surface area contributed by atoms with Crippen molar-refractivity contribution < 1.29 is 36.5 Å². The van der Waals surface area contributed by atoms with Gasteiger partial charge in [-0.1, -0.05) is 23.7 Å². The van der Waals surface area contributed by atoms with Crippen LogP contribution in [-0.2, 0) is 33.4 Å². The summed E-state index contributed by atoms with van der Waals surface area (Å²) in [5.74, 6) is -1.57. The Kier molecular flexibility index (Phi) is 7.38. The fourth-order valence-electron chi connectivity index (χ4n) is 4.06. The van der Waals surface area contributed by atoms with Crippen LogP contribution in [0.4, 0.5) is 4.79 Å². The van der Waals surface area contributed by atoms with E-state index in [-0.39, 0.29) is 23.8 Å². The third-order valence-corrected chi connectivity index (χ3v) is 7.34. The predicted octanol–water partition coefficient (Wildman–Crippen LogP) is 0.262. The molecule has 35 heavy (non-hydrogen) atoms. The van der Waals surface area contributed by atoms with Gasteiger partial charge in [0.15, 0.2) is 0 Å². The fourth-order valence-corrected chi connectivity index (χ4v) is 5.14. The summed E-state index contributed by atoms with van der Waals surface area (Å²) in [5, 5.41) is 2.69. The molecule has 1 aromatic carbocycles. The molecule has 1 heterocycles. The zero-order valence-electron chi connectivity index (χ0n) is 20.6. The van der Waals surface area contributed by atoms with Gasteiger partial charge in [-0.05, 0) is 39.3 Å². The van der Waals surface area contributed by atoms with Crippen molar-refractivity contribution in [2.75, 3.05) is 13.7 Å². The lowest BCUT2D eigenvalue weighted by Gasteiger charge is -2.28. The molecule has 0 spiro atoms. The van der Waals surface area contributed by atoms with Gasteiger partial charge in [-0.2, -0.15) is 8.42 Å². The molecule has 0 radical (unpaired) electrons. The van der Waals surface area contributed by atoms with E-state index < -0.39 is 51.4 Å². The molecule has 4 atom stereocenters. The van der Waals surface area contributed by atoms with Gasteiger partial charge in [-0.25, -0.2) is 9.59 Å². The molecule has 0 aromatic heterocycles. The number of nitrogens with zero attached hydrogens (tertiary/aromatic N) is 1. The van der Waals surface area contributed by atoms with Crippen molar-refractivity contribution in [2.45, 2.75) is 61.8 Å². The summed E-state index contributed by atoms with van der Waals surface area (Å²) >= 11 is 0. The third kappa shape index (κ3) is 5.87. The van der Waals surface area contributed by atoms with E-state index in [2.05, 4.69) is 11.9 Å². The Hall–Kier alpha value is -2.86. The first-order valence-corrected chi connectivity index (χ1v) is 12.7. The smallest absolute Gasteiger partial charge is 0.411 e. The Bertz CT molecular complexity index is 1120. The summed E-state index contributed by atoms with van der Waals surface area (Å²) in [6, 6.07) is 5.03. The topological polar surface area (TPSA) is 128 Å². The number of esters is 1.